The number of nitrogens with one attached hydrogen (secondary N) is 1. The Balaban J connectivity index is 2.52. The smallest absolute Gasteiger partial charge is 0.239 e. The highest BCUT2D eigenvalue weighted by Crippen LogP contribution is 2.34. The molecule has 0 aromatic carbocycles. The largest absolute Gasteiger partial charge is 0.395 e. The summed E-state index contributed by atoms with van der Waals surface area (Å²) in [5, 5.41) is 11.2. The van der Waals surface area contributed by atoms with E-state index in [1.54, 1.807) is 4.90 Å². The first-order valence-electron chi connectivity index (χ1n) is 7.00. The van der Waals surface area contributed by atoms with E-state index < -0.39 is 0 Å². The van der Waals surface area contributed by atoms with Crippen LogP contribution >= 0.6 is 0 Å². The van der Waals surface area contributed by atoms with Gasteiger partial charge in [-0.3, -0.25) is 9.59 Å². The zero-order valence-electron chi connectivity index (χ0n) is 12.2. The van der Waals surface area contributed by atoms with Crippen molar-refractivity contribution in [1.82, 2.24) is 10.2 Å². The predicted molar refractivity (Wildman–Crippen MR) is 73.5 cm³/mol. The second-order valence-electron chi connectivity index (χ2n) is 6.28. The molecular weight excluding hydrogens is 244 g/mol. The van der Waals surface area contributed by atoms with Gasteiger partial charge in [0.05, 0.1) is 13.2 Å². The van der Waals surface area contributed by atoms with E-state index in [1.165, 1.54) is 0 Å². The first-order chi connectivity index (χ1) is 8.84. The van der Waals surface area contributed by atoms with Gasteiger partial charge in [0.15, 0.2) is 0 Å². The molecular formula is C14H26N2O3. The summed E-state index contributed by atoms with van der Waals surface area (Å²) in [6.07, 6.45) is 2.37. The monoisotopic (exact) mass is 270 g/mol. The molecule has 1 aliphatic heterocycles. The highest BCUT2D eigenvalue weighted by Gasteiger charge is 2.30. The molecule has 1 atom stereocenters. The van der Waals surface area contributed by atoms with Crippen LogP contribution in [0, 0.1) is 11.3 Å². The minimum atomic E-state index is -0.198. The Morgan fingerprint density at radius 3 is 2.68 bits per heavy atom. The van der Waals surface area contributed by atoms with Crippen LogP contribution in [0.4, 0.5) is 0 Å². The van der Waals surface area contributed by atoms with Gasteiger partial charge in [0.2, 0.25) is 11.8 Å². The first kappa shape index (κ1) is 16.0. The lowest BCUT2D eigenvalue weighted by Crippen LogP contribution is -2.41. The summed E-state index contributed by atoms with van der Waals surface area (Å²) in [5.41, 5.74) is 0.204. The lowest BCUT2D eigenvalue weighted by Gasteiger charge is -2.29. The Morgan fingerprint density at radius 1 is 1.42 bits per heavy atom. The van der Waals surface area contributed by atoms with Gasteiger partial charge in [-0.1, -0.05) is 20.8 Å². The van der Waals surface area contributed by atoms with Crippen LogP contribution < -0.4 is 5.32 Å². The van der Waals surface area contributed by atoms with E-state index in [0.717, 1.165) is 12.8 Å². The van der Waals surface area contributed by atoms with Crippen molar-refractivity contribution in [3.63, 3.8) is 0 Å². The molecule has 0 spiro atoms. The van der Waals surface area contributed by atoms with Crippen LogP contribution in [0.2, 0.25) is 0 Å². The van der Waals surface area contributed by atoms with E-state index in [2.05, 4.69) is 26.1 Å². The normalized spacial score (nSPS) is 21.2. The molecule has 0 bridgehead atoms. The molecule has 0 aliphatic carbocycles. The van der Waals surface area contributed by atoms with E-state index >= 15 is 0 Å². The Morgan fingerprint density at radius 2 is 2.11 bits per heavy atom. The second-order valence-corrected chi connectivity index (χ2v) is 6.28. The molecule has 1 saturated heterocycles. The molecule has 1 unspecified atom stereocenters. The molecule has 2 N–H and O–H groups in total. The maximum Gasteiger partial charge on any atom is 0.239 e. The van der Waals surface area contributed by atoms with Crippen molar-refractivity contribution in [2.45, 2.75) is 40.0 Å². The van der Waals surface area contributed by atoms with E-state index in [9.17, 15) is 9.59 Å². The Hall–Kier alpha value is -1.10. The van der Waals surface area contributed by atoms with E-state index in [-0.39, 0.29) is 36.9 Å². The van der Waals surface area contributed by atoms with Crippen molar-refractivity contribution < 1.29 is 14.7 Å². The summed E-state index contributed by atoms with van der Waals surface area (Å²) >= 11 is 0. The zero-order valence-corrected chi connectivity index (χ0v) is 12.2. The molecule has 1 aliphatic rings. The molecule has 0 radical (unpaired) electrons. The third-order valence-electron chi connectivity index (χ3n) is 3.80. The molecule has 0 saturated carbocycles. The highest BCUT2D eigenvalue weighted by molar-refractivity contribution is 5.84. The fourth-order valence-corrected chi connectivity index (χ4v) is 2.49. The molecule has 1 fully saturated rings. The van der Waals surface area contributed by atoms with E-state index in [1.807, 2.05) is 0 Å². The molecule has 5 heteroatoms. The van der Waals surface area contributed by atoms with Crippen molar-refractivity contribution in [2.24, 2.45) is 11.3 Å². The quantitative estimate of drug-likeness (QED) is 0.793. The Labute approximate surface area is 115 Å². The number of amides is 2. The van der Waals surface area contributed by atoms with Gasteiger partial charge in [-0.15, -0.1) is 0 Å². The van der Waals surface area contributed by atoms with Crippen LogP contribution in [-0.4, -0.2) is 48.1 Å². The number of hydrogen-bond acceptors (Lipinski definition) is 3. The summed E-state index contributed by atoms with van der Waals surface area (Å²) in [6.45, 7) is 7.52. The van der Waals surface area contributed by atoms with Crippen LogP contribution in [0.5, 0.6) is 0 Å². The predicted octanol–water partition coefficient (Wildman–Crippen LogP) is 0.770. The van der Waals surface area contributed by atoms with Crippen molar-refractivity contribution in [1.29, 1.82) is 0 Å². The minimum Gasteiger partial charge on any atom is -0.395 e. The lowest BCUT2D eigenvalue weighted by atomic mass is 9.77. The number of carbonyl (C=O) groups is 2. The molecule has 5 nitrogen and oxygen atoms in total. The van der Waals surface area contributed by atoms with Crippen molar-refractivity contribution >= 4 is 11.8 Å². The van der Waals surface area contributed by atoms with Gasteiger partial charge in [-0.2, -0.15) is 0 Å². The molecule has 0 aromatic heterocycles. The van der Waals surface area contributed by atoms with Gasteiger partial charge in [0.1, 0.15) is 0 Å². The van der Waals surface area contributed by atoms with Crippen molar-refractivity contribution in [3.8, 4) is 0 Å². The number of aliphatic hydroxyl groups is 1. The summed E-state index contributed by atoms with van der Waals surface area (Å²) in [5.74, 6) is 0.379. The summed E-state index contributed by atoms with van der Waals surface area (Å²) in [6, 6.07) is 0. The summed E-state index contributed by atoms with van der Waals surface area (Å²) in [7, 11) is 0. The van der Waals surface area contributed by atoms with Crippen molar-refractivity contribution in [3.05, 3.63) is 0 Å². The SMILES string of the molecule is CC(C)(C)C1CCC(=O)N(CC(=O)NCCO)CC1. The maximum atomic E-state index is 12.0. The third kappa shape index (κ3) is 5.19. The number of nitrogens with zero attached hydrogens (tertiary/aromatic N) is 1. The van der Waals surface area contributed by atoms with Crippen LogP contribution in [0.25, 0.3) is 0 Å². The highest BCUT2D eigenvalue weighted by atomic mass is 16.3. The lowest BCUT2D eigenvalue weighted by molar-refractivity contribution is -0.135. The molecule has 0 aromatic rings. The van der Waals surface area contributed by atoms with Gasteiger partial charge in [0.25, 0.3) is 0 Å². The van der Waals surface area contributed by atoms with Crippen LogP contribution in [0.3, 0.4) is 0 Å². The Bertz CT molecular complexity index is 323. The number of aliphatic hydroxyl groups excluding tert-OH is 1. The maximum absolute atomic E-state index is 12.0. The fourth-order valence-electron chi connectivity index (χ4n) is 2.49. The summed E-state index contributed by atoms with van der Waals surface area (Å²) in [4.78, 5) is 25.2. The van der Waals surface area contributed by atoms with Gasteiger partial charge in [0, 0.05) is 19.5 Å². The third-order valence-corrected chi connectivity index (χ3v) is 3.80. The van der Waals surface area contributed by atoms with Crippen LogP contribution in [0.1, 0.15) is 40.0 Å². The van der Waals surface area contributed by atoms with Gasteiger partial charge in [-0.05, 0) is 24.2 Å². The second kappa shape index (κ2) is 6.89. The van der Waals surface area contributed by atoms with Gasteiger partial charge < -0.3 is 15.3 Å². The molecule has 110 valence electrons. The van der Waals surface area contributed by atoms with E-state index in [0.29, 0.717) is 18.9 Å². The summed E-state index contributed by atoms with van der Waals surface area (Å²) < 4.78 is 0. The number of likely N-dealkylation sites (tertiary alicyclic amines) is 1. The van der Waals surface area contributed by atoms with Crippen LogP contribution in [-0.2, 0) is 9.59 Å². The average molecular weight is 270 g/mol. The first-order valence-corrected chi connectivity index (χ1v) is 7.00. The van der Waals surface area contributed by atoms with Gasteiger partial charge in [-0.25, -0.2) is 0 Å². The average Bonchev–Trinajstić information content (AvgIpc) is 2.49. The minimum absolute atomic E-state index is 0.0610. The number of hydrogen-bond donors (Lipinski definition) is 2. The topological polar surface area (TPSA) is 69.6 Å². The molecule has 19 heavy (non-hydrogen) atoms. The number of rotatable bonds is 4. The van der Waals surface area contributed by atoms with Gasteiger partial charge >= 0.3 is 0 Å². The molecule has 2 amide bonds. The fraction of sp³-hybridized carbons (Fsp3) is 0.857. The van der Waals surface area contributed by atoms with E-state index in [4.69, 9.17) is 5.11 Å². The molecule has 1 rings (SSSR count). The Kier molecular flexibility index (Phi) is 5.79. The standard InChI is InChI=1S/C14H26N2O3/c1-14(2,3)11-4-5-13(19)16(8-6-11)10-12(18)15-7-9-17/h11,17H,4-10H2,1-3H3,(H,15,18). The van der Waals surface area contributed by atoms with Crippen LogP contribution in [0.15, 0.2) is 0 Å². The number of carbonyl (C=O) groups excluding carboxylic acids is 2. The zero-order chi connectivity index (χ0) is 14.5. The van der Waals surface area contributed by atoms with Crippen molar-refractivity contribution in [2.75, 3.05) is 26.2 Å². The molecule has 1 heterocycles.